The highest BCUT2D eigenvalue weighted by atomic mass is 19.1. The third-order valence-corrected chi connectivity index (χ3v) is 5.05. The molecule has 3 aromatic carbocycles. The van der Waals surface area contributed by atoms with Gasteiger partial charge in [-0.25, -0.2) is 9.18 Å². The van der Waals surface area contributed by atoms with Crippen LogP contribution in [0.3, 0.4) is 0 Å². The Bertz CT molecular complexity index is 1050. The molecule has 6 heteroatoms. The second-order valence-electron chi connectivity index (χ2n) is 7.33. The Morgan fingerprint density at radius 3 is 2.35 bits per heavy atom. The number of halogens is 1. The average molecular weight is 421 g/mol. The molecule has 0 aliphatic carbocycles. The van der Waals surface area contributed by atoms with Crippen LogP contribution in [0.1, 0.15) is 40.0 Å². The van der Waals surface area contributed by atoms with Crippen LogP contribution in [-0.2, 0) is 11.3 Å². The standard InChI is InChI=1S/C25H24FNO4/c1-17-8-13-22(25(29)30)23(14-17)31-16-24(28)27(15-19-9-11-21(26)12-10-19)18(2)20-6-4-3-5-7-20/h3-14,18H,15-16H2,1-2H3,(H,29,30)/t18-/m0/s1. The largest absolute Gasteiger partial charge is 0.483 e. The highest BCUT2D eigenvalue weighted by Crippen LogP contribution is 2.24. The third kappa shape index (κ3) is 5.69. The second-order valence-corrected chi connectivity index (χ2v) is 7.33. The molecule has 5 nitrogen and oxygen atoms in total. The van der Waals surface area contributed by atoms with Gasteiger partial charge < -0.3 is 14.7 Å². The van der Waals surface area contributed by atoms with Crippen LogP contribution < -0.4 is 4.74 Å². The zero-order valence-corrected chi connectivity index (χ0v) is 17.4. The summed E-state index contributed by atoms with van der Waals surface area (Å²) in [5.74, 6) is -1.63. The molecule has 0 radical (unpaired) electrons. The number of carbonyl (C=O) groups is 2. The molecular formula is C25H24FNO4. The molecule has 0 aliphatic rings. The van der Waals surface area contributed by atoms with E-state index in [0.29, 0.717) is 0 Å². The summed E-state index contributed by atoms with van der Waals surface area (Å²) < 4.78 is 18.9. The lowest BCUT2D eigenvalue weighted by Gasteiger charge is -2.30. The van der Waals surface area contributed by atoms with Crippen molar-refractivity contribution in [1.82, 2.24) is 4.90 Å². The van der Waals surface area contributed by atoms with Crippen molar-refractivity contribution in [2.24, 2.45) is 0 Å². The molecule has 1 atom stereocenters. The maximum Gasteiger partial charge on any atom is 0.339 e. The molecule has 0 unspecified atom stereocenters. The van der Waals surface area contributed by atoms with Crippen LogP contribution in [0.25, 0.3) is 0 Å². The minimum absolute atomic E-state index is 0.000377. The van der Waals surface area contributed by atoms with Crippen molar-refractivity contribution >= 4 is 11.9 Å². The number of carboxylic acids is 1. The number of hydrogen-bond donors (Lipinski definition) is 1. The topological polar surface area (TPSA) is 66.8 Å². The molecule has 0 aliphatic heterocycles. The van der Waals surface area contributed by atoms with Gasteiger partial charge in [-0.05, 0) is 54.8 Å². The molecular weight excluding hydrogens is 397 g/mol. The first-order valence-electron chi connectivity index (χ1n) is 9.90. The lowest BCUT2D eigenvalue weighted by molar-refractivity contribution is -0.136. The van der Waals surface area contributed by atoms with Gasteiger partial charge in [0, 0.05) is 6.54 Å². The summed E-state index contributed by atoms with van der Waals surface area (Å²) in [6.45, 7) is 3.67. The number of carboxylic acid groups (broad SMARTS) is 1. The van der Waals surface area contributed by atoms with Crippen LogP contribution in [-0.4, -0.2) is 28.5 Å². The predicted octanol–water partition coefficient (Wildman–Crippen LogP) is 5.00. The molecule has 31 heavy (non-hydrogen) atoms. The molecule has 1 amide bonds. The first kappa shape index (κ1) is 22.0. The van der Waals surface area contributed by atoms with Crippen molar-refractivity contribution in [1.29, 1.82) is 0 Å². The Labute approximate surface area is 180 Å². The third-order valence-electron chi connectivity index (χ3n) is 5.05. The van der Waals surface area contributed by atoms with Crippen LogP contribution in [0, 0.1) is 12.7 Å². The van der Waals surface area contributed by atoms with Gasteiger partial charge in [-0.3, -0.25) is 4.79 Å². The van der Waals surface area contributed by atoms with E-state index in [1.807, 2.05) is 44.2 Å². The van der Waals surface area contributed by atoms with Gasteiger partial charge in [-0.1, -0.05) is 48.5 Å². The van der Waals surface area contributed by atoms with Crippen LogP contribution in [0.5, 0.6) is 5.75 Å². The Morgan fingerprint density at radius 2 is 1.71 bits per heavy atom. The summed E-state index contributed by atoms with van der Waals surface area (Å²) in [5.41, 5.74) is 2.55. The minimum atomic E-state index is -1.12. The molecule has 0 heterocycles. The number of hydrogen-bond acceptors (Lipinski definition) is 3. The minimum Gasteiger partial charge on any atom is -0.483 e. The Morgan fingerprint density at radius 1 is 1.03 bits per heavy atom. The summed E-state index contributed by atoms with van der Waals surface area (Å²) in [6, 6.07) is 20.0. The first-order valence-corrected chi connectivity index (χ1v) is 9.90. The van der Waals surface area contributed by atoms with Gasteiger partial charge >= 0.3 is 5.97 Å². The van der Waals surface area contributed by atoms with Crippen molar-refractivity contribution in [3.8, 4) is 5.75 Å². The van der Waals surface area contributed by atoms with Crippen LogP contribution in [0.15, 0.2) is 72.8 Å². The average Bonchev–Trinajstić information content (AvgIpc) is 2.77. The fourth-order valence-electron chi connectivity index (χ4n) is 3.29. The Kier molecular flexibility index (Phi) is 7.03. The number of rotatable bonds is 8. The first-order chi connectivity index (χ1) is 14.8. The predicted molar refractivity (Wildman–Crippen MR) is 115 cm³/mol. The monoisotopic (exact) mass is 421 g/mol. The summed E-state index contributed by atoms with van der Waals surface area (Å²) >= 11 is 0. The molecule has 0 saturated heterocycles. The lowest BCUT2D eigenvalue weighted by Crippen LogP contribution is -2.36. The highest BCUT2D eigenvalue weighted by Gasteiger charge is 2.23. The van der Waals surface area contributed by atoms with E-state index >= 15 is 0 Å². The Hall–Kier alpha value is -3.67. The number of carbonyl (C=O) groups excluding carboxylic acids is 1. The zero-order valence-electron chi connectivity index (χ0n) is 17.4. The van der Waals surface area contributed by atoms with Crippen molar-refractivity contribution in [2.75, 3.05) is 6.61 Å². The van der Waals surface area contributed by atoms with Gasteiger partial charge in [0.05, 0.1) is 6.04 Å². The maximum atomic E-state index is 13.3. The fourth-order valence-corrected chi connectivity index (χ4v) is 3.29. The number of benzene rings is 3. The van der Waals surface area contributed by atoms with Crippen LogP contribution in [0.2, 0.25) is 0 Å². The van der Waals surface area contributed by atoms with Crippen LogP contribution >= 0.6 is 0 Å². The molecule has 3 aromatic rings. The fraction of sp³-hybridized carbons (Fsp3) is 0.200. The van der Waals surface area contributed by atoms with Gasteiger partial charge in [-0.2, -0.15) is 0 Å². The van der Waals surface area contributed by atoms with Crippen molar-refractivity contribution < 1.29 is 23.8 Å². The highest BCUT2D eigenvalue weighted by molar-refractivity contribution is 5.91. The molecule has 0 aromatic heterocycles. The van der Waals surface area contributed by atoms with Crippen LogP contribution in [0.4, 0.5) is 4.39 Å². The molecule has 3 rings (SSSR count). The normalized spacial score (nSPS) is 11.6. The lowest BCUT2D eigenvalue weighted by atomic mass is 10.1. The van der Waals surface area contributed by atoms with E-state index in [2.05, 4.69) is 0 Å². The van der Waals surface area contributed by atoms with Crippen molar-refractivity contribution in [3.05, 3.63) is 101 Å². The van der Waals surface area contributed by atoms with E-state index in [1.165, 1.54) is 18.2 Å². The summed E-state index contributed by atoms with van der Waals surface area (Å²) in [6.07, 6.45) is 0. The molecule has 0 bridgehead atoms. The number of nitrogens with zero attached hydrogens (tertiary/aromatic N) is 1. The quantitative estimate of drug-likeness (QED) is 0.556. The molecule has 0 fully saturated rings. The van der Waals surface area contributed by atoms with E-state index in [0.717, 1.165) is 16.7 Å². The SMILES string of the molecule is Cc1ccc(C(=O)O)c(OCC(=O)N(Cc2ccc(F)cc2)[C@@H](C)c2ccccc2)c1. The molecule has 0 spiro atoms. The number of aromatic carboxylic acids is 1. The molecule has 1 N–H and O–H groups in total. The second kappa shape index (κ2) is 9.89. The van der Waals surface area contributed by atoms with Gasteiger partial charge in [0.15, 0.2) is 6.61 Å². The van der Waals surface area contributed by atoms with Gasteiger partial charge in [0.1, 0.15) is 17.1 Å². The van der Waals surface area contributed by atoms with E-state index in [4.69, 9.17) is 4.74 Å². The van der Waals surface area contributed by atoms with E-state index in [-0.39, 0.29) is 42.2 Å². The molecule has 160 valence electrons. The maximum absolute atomic E-state index is 13.3. The number of ether oxygens (including phenoxy) is 1. The number of amides is 1. The van der Waals surface area contributed by atoms with E-state index in [9.17, 15) is 19.1 Å². The van der Waals surface area contributed by atoms with E-state index < -0.39 is 5.97 Å². The van der Waals surface area contributed by atoms with Gasteiger partial charge in [-0.15, -0.1) is 0 Å². The summed E-state index contributed by atoms with van der Waals surface area (Å²) in [4.78, 5) is 26.3. The smallest absolute Gasteiger partial charge is 0.339 e. The molecule has 0 saturated carbocycles. The summed E-state index contributed by atoms with van der Waals surface area (Å²) in [7, 11) is 0. The summed E-state index contributed by atoms with van der Waals surface area (Å²) in [5, 5.41) is 9.38. The van der Waals surface area contributed by atoms with Crippen molar-refractivity contribution in [2.45, 2.75) is 26.4 Å². The number of aryl methyl sites for hydroxylation is 1. The van der Waals surface area contributed by atoms with Crippen molar-refractivity contribution in [3.63, 3.8) is 0 Å². The van der Waals surface area contributed by atoms with Gasteiger partial charge in [0.25, 0.3) is 5.91 Å². The van der Waals surface area contributed by atoms with Gasteiger partial charge in [0.2, 0.25) is 0 Å². The Balaban J connectivity index is 1.83. The zero-order chi connectivity index (χ0) is 22.4. The van der Waals surface area contributed by atoms with E-state index in [1.54, 1.807) is 29.2 Å².